The lowest BCUT2D eigenvalue weighted by molar-refractivity contribution is -0.119. The molecule has 2 amide bonds. The smallest absolute Gasteiger partial charge is 0.273 e. The minimum Gasteiger partial charge on any atom is -0.486 e. The summed E-state index contributed by atoms with van der Waals surface area (Å²) in [7, 11) is 0. The average molecular weight is 362 g/mol. The van der Waals surface area contributed by atoms with Crippen LogP contribution in [0.25, 0.3) is 0 Å². The molecule has 0 unspecified atom stereocenters. The Balaban J connectivity index is 1.48. The first-order valence-corrected chi connectivity index (χ1v) is 8.70. The van der Waals surface area contributed by atoms with E-state index in [0.717, 1.165) is 4.90 Å². The number of thioether (sulfide) groups is 1. The number of hydrogen-bond donors (Lipinski definition) is 2. The third-order valence-corrected chi connectivity index (χ3v) is 4.48. The third-order valence-electron chi connectivity index (χ3n) is 3.48. The number of nitrogens with one attached hydrogen (secondary N) is 2. The molecule has 2 heterocycles. The maximum atomic E-state index is 12.0. The van der Waals surface area contributed by atoms with Crippen LogP contribution in [0.3, 0.4) is 0 Å². The lowest BCUT2D eigenvalue weighted by atomic mass is 10.2. The SMILES string of the molecule is Cc1cc(C(=O)NNC(=O)CSc2ccc3c(c2)OCCO3)c(C)o1. The normalized spacial score (nSPS) is 12.6. The summed E-state index contributed by atoms with van der Waals surface area (Å²) in [5.74, 6) is 1.97. The summed E-state index contributed by atoms with van der Waals surface area (Å²) in [4.78, 5) is 24.8. The van der Waals surface area contributed by atoms with E-state index in [9.17, 15) is 9.59 Å². The van der Waals surface area contributed by atoms with Crippen molar-refractivity contribution in [3.05, 3.63) is 41.3 Å². The predicted molar refractivity (Wildman–Crippen MR) is 91.9 cm³/mol. The maximum absolute atomic E-state index is 12.0. The van der Waals surface area contributed by atoms with Gasteiger partial charge in [-0.05, 0) is 38.1 Å². The van der Waals surface area contributed by atoms with Crippen LogP contribution in [0.15, 0.2) is 33.6 Å². The summed E-state index contributed by atoms with van der Waals surface area (Å²) in [6.45, 7) is 4.51. The Hall–Kier alpha value is -2.61. The quantitative estimate of drug-likeness (QED) is 0.640. The van der Waals surface area contributed by atoms with E-state index in [1.165, 1.54) is 11.8 Å². The van der Waals surface area contributed by atoms with Crippen LogP contribution in [0.5, 0.6) is 11.5 Å². The zero-order valence-corrected chi connectivity index (χ0v) is 14.7. The van der Waals surface area contributed by atoms with Gasteiger partial charge in [0.2, 0.25) is 5.91 Å². The van der Waals surface area contributed by atoms with Crippen LogP contribution in [0, 0.1) is 13.8 Å². The fourth-order valence-corrected chi connectivity index (χ4v) is 3.07. The summed E-state index contributed by atoms with van der Waals surface area (Å²) in [6, 6.07) is 7.14. The number of benzene rings is 1. The molecule has 132 valence electrons. The lowest BCUT2D eigenvalue weighted by Crippen LogP contribution is -2.42. The number of fused-ring (bicyclic) bond motifs is 1. The minimum absolute atomic E-state index is 0.156. The maximum Gasteiger partial charge on any atom is 0.273 e. The molecule has 0 radical (unpaired) electrons. The van der Waals surface area contributed by atoms with Crippen molar-refractivity contribution < 1.29 is 23.5 Å². The average Bonchev–Trinajstić information content (AvgIpc) is 2.96. The largest absolute Gasteiger partial charge is 0.486 e. The summed E-state index contributed by atoms with van der Waals surface area (Å²) >= 11 is 1.34. The van der Waals surface area contributed by atoms with Gasteiger partial charge in [0.15, 0.2) is 11.5 Å². The van der Waals surface area contributed by atoms with E-state index in [1.54, 1.807) is 19.9 Å². The van der Waals surface area contributed by atoms with Gasteiger partial charge in [-0.2, -0.15) is 0 Å². The number of aryl methyl sites for hydroxylation is 2. The number of amides is 2. The number of furan rings is 1. The van der Waals surface area contributed by atoms with E-state index in [2.05, 4.69) is 10.9 Å². The van der Waals surface area contributed by atoms with Crippen molar-refractivity contribution in [2.24, 2.45) is 0 Å². The van der Waals surface area contributed by atoms with Gasteiger partial charge in [0.1, 0.15) is 24.7 Å². The molecule has 0 fully saturated rings. The molecule has 7 nitrogen and oxygen atoms in total. The van der Waals surface area contributed by atoms with Gasteiger partial charge in [0.05, 0.1) is 11.3 Å². The van der Waals surface area contributed by atoms with Crippen LogP contribution in [-0.4, -0.2) is 30.8 Å². The first-order chi connectivity index (χ1) is 12.0. The molecule has 1 aromatic carbocycles. The molecular weight excluding hydrogens is 344 g/mol. The molecule has 0 bridgehead atoms. The van der Waals surface area contributed by atoms with Gasteiger partial charge < -0.3 is 13.9 Å². The molecule has 0 atom stereocenters. The van der Waals surface area contributed by atoms with E-state index in [0.29, 0.717) is 41.8 Å². The van der Waals surface area contributed by atoms with E-state index in [4.69, 9.17) is 13.9 Å². The van der Waals surface area contributed by atoms with Crippen LogP contribution in [0.2, 0.25) is 0 Å². The highest BCUT2D eigenvalue weighted by molar-refractivity contribution is 8.00. The lowest BCUT2D eigenvalue weighted by Gasteiger charge is -2.18. The first kappa shape index (κ1) is 17.2. The molecule has 1 aliphatic rings. The zero-order chi connectivity index (χ0) is 17.8. The Morgan fingerprint density at radius 2 is 1.84 bits per heavy atom. The van der Waals surface area contributed by atoms with E-state index in [1.807, 2.05) is 18.2 Å². The van der Waals surface area contributed by atoms with Crippen LogP contribution >= 0.6 is 11.8 Å². The monoisotopic (exact) mass is 362 g/mol. The van der Waals surface area contributed by atoms with Gasteiger partial charge in [-0.1, -0.05) is 0 Å². The topological polar surface area (TPSA) is 89.8 Å². The zero-order valence-electron chi connectivity index (χ0n) is 13.9. The molecular formula is C17H18N2O5S. The molecule has 0 saturated heterocycles. The Morgan fingerprint density at radius 3 is 2.56 bits per heavy atom. The van der Waals surface area contributed by atoms with Crippen LogP contribution in [-0.2, 0) is 4.79 Å². The van der Waals surface area contributed by atoms with Crippen LogP contribution in [0.4, 0.5) is 0 Å². The van der Waals surface area contributed by atoms with Gasteiger partial charge in [-0.25, -0.2) is 0 Å². The van der Waals surface area contributed by atoms with Crippen molar-refractivity contribution in [3.8, 4) is 11.5 Å². The number of carbonyl (C=O) groups excluding carboxylic acids is 2. The molecule has 3 rings (SSSR count). The predicted octanol–water partition coefficient (Wildman–Crippen LogP) is 2.22. The van der Waals surface area contributed by atoms with Crippen molar-refractivity contribution in [1.82, 2.24) is 10.9 Å². The highest BCUT2D eigenvalue weighted by atomic mass is 32.2. The standard InChI is InChI=1S/C17H18N2O5S/c1-10-7-13(11(2)24-10)17(21)19-18-16(20)9-25-12-3-4-14-15(8-12)23-6-5-22-14/h3-4,7-8H,5-6,9H2,1-2H3,(H,18,20)(H,19,21). The fraction of sp³-hybridized carbons (Fsp3) is 0.294. The number of carbonyl (C=O) groups is 2. The van der Waals surface area contributed by atoms with E-state index in [-0.39, 0.29) is 11.7 Å². The highest BCUT2D eigenvalue weighted by Crippen LogP contribution is 2.34. The molecule has 2 N–H and O–H groups in total. The Morgan fingerprint density at radius 1 is 1.08 bits per heavy atom. The second kappa shape index (κ2) is 7.52. The molecule has 0 aliphatic carbocycles. The Kier molecular flexibility index (Phi) is 5.18. The second-order valence-corrected chi connectivity index (χ2v) is 6.47. The molecule has 0 spiro atoms. The van der Waals surface area contributed by atoms with E-state index >= 15 is 0 Å². The summed E-state index contributed by atoms with van der Waals surface area (Å²) in [5.41, 5.74) is 5.18. The fourth-order valence-electron chi connectivity index (χ4n) is 2.35. The van der Waals surface area contributed by atoms with Gasteiger partial charge in [-0.15, -0.1) is 11.8 Å². The third kappa shape index (κ3) is 4.27. The van der Waals surface area contributed by atoms with Gasteiger partial charge in [0, 0.05) is 4.90 Å². The van der Waals surface area contributed by atoms with Gasteiger partial charge in [0.25, 0.3) is 5.91 Å². The number of hydrazine groups is 1. The summed E-state index contributed by atoms with van der Waals surface area (Å²) in [5, 5.41) is 0. The van der Waals surface area contributed by atoms with Crippen molar-refractivity contribution in [3.63, 3.8) is 0 Å². The Bertz CT molecular complexity index is 802. The molecule has 0 saturated carbocycles. The minimum atomic E-state index is -0.410. The Labute approximate surface area is 149 Å². The van der Waals surface area contributed by atoms with Crippen LogP contribution < -0.4 is 20.3 Å². The van der Waals surface area contributed by atoms with Gasteiger partial charge in [-0.3, -0.25) is 20.4 Å². The second-order valence-electron chi connectivity index (χ2n) is 5.42. The van der Waals surface area contributed by atoms with Crippen LogP contribution in [0.1, 0.15) is 21.9 Å². The van der Waals surface area contributed by atoms with Crippen molar-refractivity contribution in [2.75, 3.05) is 19.0 Å². The summed E-state index contributed by atoms with van der Waals surface area (Å²) in [6.07, 6.45) is 0. The van der Waals surface area contributed by atoms with Crippen molar-refractivity contribution in [1.29, 1.82) is 0 Å². The van der Waals surface area contributed by atoms with Crippen molar-refractivity contribution in [2.45, 2.75) is 18.7 Å². The summed E-state index contributed by atoms with van der Waals surface area (Å²) < 4.78 is 16.3. The van der Waals surface area contributed by atoms with Gasteiger partial charge >= 0.3 is 0 Å². The number of ether oxygens (including phenoxy) is 2. The van der Waals surface area contributed by atoms with E-state index < -0.39 is 5.91 Å². The first-order valence-electron chi connectivity index (χ1n) is 7.71. The highest BCUT2D eigenvalue weighted by Gasteiger charge is 2.15. The molecule has 1 aliphatic heterocycles. The molecule has 1 aromatic heterocycles. The molecule has 25 heavy (non-hydrogen) atoms. The molecule has 2 aromatic rings. The number of rotatable bonds is 4. The molecule has 8 heteroatoms. The van der Waals surface area contributed by atoms with Crippen molar-refractivity contribution >= 4 is 23.6 Å². The number of hydrogen-bond acceptors (Lipinski definition) is 6.